The van der Waals surface area contributed by atoms with E-state index in [1.54, 1.807) is 0 Å². The first-order valence-corrected chi connectivity index (χ1v) is 4.18. The molecule has 3 heteroatoms. The molecular formula is C8H19N3. The Kier molecular flexibility index (Phi) is 5.61. The second-order valence-corrected chi connectivity index (χ2v) is 2.49. The van der Waals surface area contributed by atoms with Crippen molar-refractivity contribution in [1.82, 2.24) is 10.2 Å². The monoisotopic (exact) mass is 157 g/mol. The lowest BCUT2D eigenvalue weighted by atomic mass is 10.5. The second kappa shape index (κ2) is 6.01. The molecule has 0 aromatic carbocycles. The van der Waals surface area contributed by atoms with E-state index in [0.717, 1.165) is 25.5 Å². The molecule has 3 nitrogen and oxygen atoms in total. The first-order valence-electron chi connectivity index (χ1n) is 4.18. The predicted octanol–water partition coefficient (Wildman–Crippen LogP) is 0.923. The molecule has 0 heterocycles. The van der Waals surface area contributed by atoms with Gasteiger partial charge in [-0.3, -0.25) is 4.99 Å². The Balaban J connectivity index is 3.77. The molecule has 0 aromatic heterocycles. The van der Waals surface area contributed by atoms with E-state index in [-0.39, 0.29) is 0 Å². The number of hydrogen-bond acceptors (Lipinski definition) is 1. The van der Waals surface area contributed by atoms with Crippen LogP contribution in [0.25, 0.3) is 0 Å². The fourth-order valence-electron chi connectivity index (χ4n) is 0.771. The lowest BCUT2D eigenvalue weighted by molar-refractivity contribution is 0.508. The Hall–Kier alpha value is -0.730. The SMILES string of the molecule is CCCNC(=NC)N(C)CC. The summed E-state index contributed by atoms with van der Waals surface area (Å²) in [7, 11) is 3.84. The van der Waals surface area contributed by atoms with Crippen LogP contribution in [-0.2, 0) is 0 Å². The number of aliphatic imine (C=N–C) groups is 1. The zero-order valence-corrected chi connectivity index (χ0v) is 8.02. The van der Waals surface area contributed by atoms with Gasteiger partial charge in [0.15, 0.2) is 5.96 Å². The Morgan fingerprint density at radius 2 is 2.09 bits per heavy atom. The van der Waals surface area contributed by atoms with Gasteiger partial charge in [0.2, 0.25) is 0 Å². The van der Waals surface area contributed by atoms with Crippen LogP contribution < -0.4 is 5.32 Å². The van der Waals surface area contributed by atoms with Crippen molar-refractivity contribution in [2.24, 2.45) is 4.99 Å². The molecule has 1 N–H and O–H groups in total. The fourth-order valence-corrected chi connectivity index (χ4v) is 0.771. The van der Waals surface area contributed by atoms with Crippen molar-refractivity contribution in [1.29, 1.82) is 0 Å². The quantitative estimate of drug-likeness (QED) is 0.487. The van der Waals surface area contributed by atoms with Gasteiger partial charge in [0.05, 0.1) is 0 Å². The van der Waals surface area contributed by atoms with Gasteiger partial charge in [0.25, 0.3) is 0 Å². The smallest absolute Gasteiger partial charge is 0.193 e. The first-order chi connectivity index (χ1) is 5.26. The van der Waals surface area contributed by atoms with Crippen molar-refractivity contribution in [3.8, 4) is 0 Å². The van der Waals surface area contributed by atoms with Crippen molar-refractivity contribution < 1.29 is 0 Å². The number of guanidine groups is 1. The predicted molar refractivity (Wildman–Crippen MR) is 50.0 cm³/mol. The van der Waals surface area contributed by atoms with Crippen molar-refractivity contribution in [2.75, 3.05) is 27.2 Å². The van der Waals surface area contributed by atoms with Crippen LogP contribution in [0.4, 0.5) is 0 Å². The summed E-state index contributed by atoms with van der Waals surface area (Å²) in [6, 6.07) is 0. The van der Waals surface area contributed by atoms with Gasteiger partial charge in [-0.05, 0) is 13.3 Å². The van der Waals surface area contributed by atoms with E-state index in [4.69, 9.17) is 0 Å². The van der Waals surface area contributed by atoms with Crippen molar-refractivity contribution in [2.45, 2.75) is 20.3 Å². The molecular weight excluding hydrogens is 138 g/mol. The molecule has 0 spiro atoms. The molecule has 0 bridgehead atoms. The minimum Gasteiger partial charge on any atom is -0.356 e. The summed E-state index contributed by atoms with van der Waals surface area (Å²) in [6.07, 6.45) is 1.14. The van der Waals surface area contributed by atoms with E-state index in [1.165, 1.54) is 0 Å². The van der Waals surface area contributed by atoms with E-state index in [9.17, 15) is 0 Å². The molecule has 0 aliphatic rings. The standard InChI is InChI=1S/C8H19N3/c1-5-7-10-8(9-3)11(4)6-2/h5-7H2,1-4H3,(H,9,10). The molecule has 0 saturated heterocycles. The maximum absolute atomic E-state index is 4.13. The van der Waals surface area contributed by atoms with E-state index in [2.05, 4.69) is 29.1 Å². The van der Waals surface area contributed by atoms with Crippen LogP contribution in [-0.4, -0.2) is 38.0 Å². The number of rotatable bonds is 3. The third-order valence-corrected chi connectivity index (χ3v) is 1.58. The Morgan fingerprint density at radius 3 is 2.45 bits per heavy atom. The number of nitrogens with zero attached hydrogens (tertiary/aromatic N) is 2. The average molecular weight is 157 g/mol. The van der Waals surface area contributed by atoms with Gasteiger partial charge in [0.1, 0.15) is 0 Å². The Bertz CT molecular complexity index is 121. The van der Waals surface area contributed by atoms with Crippen LogP contribution in [0.5, 0.6) is 0 Å². The van der Waals surface area contributed by atoms with E-state index < -0.39 is 0 Å². The molecule has 0 saturated carbocycles. The summed E-state index contributed by atoms with van der Waals surface area (Å²) in [5, 5.41) is 3.25. The van der Waals surface area contributed by atoms with Gasteiger partial charge in [-0.1, -0.05) is 6.92 Å². The van der Waals surface area contributed by atoms with E-state index >= 15 is 0 Å². The van der Waals surface area contributed by atoms with Crippen LogP contribution in [0.15, 0.2) is 4.99 Å². The highest BCUT2D eigenvalue weighted by atomic mass is 15.3. The van der Waals surface area contributed by atoms with Gasteiger partial charge in [0, 0.05) is 27.2 Å². The second-order valence-electron chi connectivity index (χ2n) is 2.49. The summed E-state index contributed by atoms with van der Waals surface area (Å²) < 4.78 is 0. The number of nitrogens with one attached hydrogen (secondary N) is 1. The van der Waals surface area contributed by atoms with Crippen LogP contribution in [0.2, 0.25) is 0 Å². The number of hydrogen-bond donors (Lipinski definition) is 1. The molecule has 0 atom stereocenters. The van der Waals surface area contributed by atoms with Crippen molar-refractivity contribution in [3.05, 3.63) is 0 Å². The largest absolute Gasteiger partial charge is 0.356 e. The maximum atomic E-state index is 4.13. The lowest BCUT2D eigenvalue weighted by Gasteiger charge is -2.19. The zero-order valence-electron chi connectivity index (χ0n) is 8.02. The van der Waals surface area contributed by atoms with Gasteiger partial charge < -0.3 is 10.2 Å². The first kappa shape index (κ1) is 10.3. The van der Waals surface area contributed by atoms with Gasteiger partial charge in [-0.15, -0.1) is 0 Å². The summed E-state index contributed by atoms with van der Waals surface area (Å²) in [6.45, 7) is 6.24. The summed E-state index contributed by atoms with van der Waals surface area (Å²) in [4.78, 5) is 6.22. The normalized spacial score (nSPS) is 11.5. The lowest BCUT2D eigenvalue weighted by Crippen LogP contribution is -2.38. The molecule has 11 heavy (non-hydrogen) atoms. The average Bonchev–Trinajstić information content (AvgIpc) is 2.05. The summed E-state index contributed by atoms with van der Waals surface area (Å²) in [5.74, 6) is 0.981. The summed E-state index contributed by atoms with van der Waals surface area (Å²) >= 11 is 0. The fraction of sp³-hybridized carbons (Fsp3) is 0.875. The highest BCUT2D eigenvalue weighted by molar-refractivity contribution is 5.79. The summed E-state index contributed by atoms with van der Waals surface area (Å²) in [5.41, 5.74) is 0. The minimum atomic E-state index is 0.981. The van der Waals surface area contributed by atoms with Crippen molar-refractivity contribution in [3.63, 3.8) is 0 Å². The molecule has 0 aliphatic heterocycles. The van der Waals surface area contributed by atoms with Crippen LogP contribution in [0, 0.1) is 0 Å². The topological polar surface area (TPSA) is 27.6 Å². The molecule has 66 valence electrons. The third kappa shape index (κ3) is 3.86. The van der Waals surface area contributed by atoms with Gasteiger partial charge in [-0.25, -0.2) is 0 Å². The van der Waals surface area contributed by atoms with Gasteiger partial charge in [-0.2, -0.15) is 0 Å². The zero-order chi connectivity index (χ0) is 8.69. The molecule has 0 amide bonds. The molecule has 0 fully saturated rings. The molecule has 0 aliphatic carbocycles. The third-order valence-electron chi connectivity index (χ3n) is 1.58. The molecule has 0 radical (unpaired) electrons. The van der Waals surface area contributed by atoms with E-state index in [1.807, 2.05) is 14.1 Å². The van der Waals surface area contributed by atoms with Crippen molar-refractivity contribution >= 4 is 5.96 Å². The highest BCUT2D eigenvalue weighted by Crippen LogP contribution is 1.83. The minimum absolute atomic E-state index is 0.981. The highest BCUT2D eigenvalue weighted by Gasteiger charge is 1.99. The molecule has 0 unspecified atom stereocenters. The Labute approximate surface area is 69.5 Å². The van der Waals surface area contributed by atoms with E-state index in [0.29, 0.717) is 0 Å². The maximum Gasteiger partial charge on any atom is 0.193 e. The van der Waals surface area contributed by atoms with Gasteiger partial charge >= 0.3 is 0 Å². The molecule has 0 aromatic rings. The van der Waals surface area contributed by atoms with Crippen LogP contribution >= 0.6 is 0 Å². The Morgan fingerprint density at radius 1 is 1.45 bits per heavy atom. The molecule has 0 rings (SSSR count). The van der Waals surface area contributed by atoms with Crippen LogP contribution in [0.1, 0.15) is 20.3 Å². The van der Waals surface area contributed by atoms with Crippen LogP contribution in [0.3, 0.4) is 0 Å².